The minimum absolute atomic E-state index is 0.00234. The van der Waals surface area contributed by atoms with Crippen LogP contribution in [0.5, 0.6) is 0 Å². The van der Waals surface area contributed by atoms with E-state index in [2.05, 4.69) is 30.6 Å². The van der Waals surface area contributed by atoms with Crippen LogP contribution >= 0.6 is 0 Å². The Hall–Kier alpha value is -1.19. The molecule has 0 aromatic carbocycles. The number of hydrogen-bond donors (Lipinski definition) is 0. The first-order chi connectivity index (χ1) is 14.4. The predicted octanol–water partition coefficient (Wildman–Crippen LogP) is 6.39. The molecule has 0 aliphatic heterocycles. The number of aryl methyl sites for hydroxylation is 1. The van der Waals surface area contributed by atoms with Crippen LogP contribution in [0.15, 0.2) is 18.3 Å². The van der Waals surface area contributed by atoms with Crippen LogP contribution < -0.4 is 0 Å². The van der Waals surface area contributed by atoms with Gasteiger partial charge in [-0.25, -0.2) is 0 Å². The van der Waals surface area contributed by atoms with E-state index in [0.29, 0.717) is 23.2 Å². The van der Waals surface area contributed by atoms with E-state index in [0.717, 1.165) is 36.4 Å². The Bertz CT molecular complexity index is 802. The highest BCUT2D eigenvalue weighted by Gasteiger charge is 2.61. The third kappa shape index (κ3) is 3.03. The molecule has 0 bridgehead atoms. The van der Waals surface area contributed by atoms with E-state index in [-0.39, 0.29) is 12.1 Å². The Morgan fingerprint density at radius 2 is 2.00 bits per heavy atom. The molecule has 0 saturated heterocycles. The van der Waals surface area contributed by atoms with Crippen LogP contribution in [-0.2, 0) is 6.54 Å². The number of fused-ring (bicyclic) bond motifs is 5. The largest absolute Gasteiger partial charge is 0.250 e. The maximum atomic E-state index is 14.8. The summed E-state index contributed by atoms with van der Waals surface area (Å²) in [6, 6.07) is 0. The molecule has 4 aliphatic carbocycles. The average Bonchev–Trinajstić information content (AvgIpc) is 3.29. The number of allylic oxidation sites excluding steroid dienone is 1. The van der Waals surface area contributed by atoms with Gasteiger partial charge in [0, 0.05) is 5.41 Å². The van der Waals surface area contributed by atoms with Crippen LogP contribution in [0.1, 0.15) is 77.3 Å². The van der Waals surface area contributed by atoms with Crippen LogP contribution in [0.4, 0.5) is 4.39 Å². The highest BCUT2D eigenvalue weighted by Crippen LogP contribution is 2.68. The molecule has 5 rings (SSSR count). The molecule has 0 amide bonds. The van der Waals surface area contributed by atoms with Gasteiger partial charge in [-0.1, -0.05) is 32.4 Å². The first kappa shape index (κ1) is 20.7. The molecular formula is C26H40FN3. The van der Waals surface area contributed by atoms with Gasteiger partial charge in [0.1, 0.15) is 0 Å². The van der Waals surface area contributed by atoms with E-state index in [1.54, 1.807) is 0 Å². The summed E-state index contributed by atoms with van der Waals surface area (Å²) in [7, 11) is 0. The smallest absolute Gasteiger partial charge is 0.0956 e. The molecule has 3 nitrogen and oxygen atoms in total. The maximum Gasteiger partial charge on any atom is 0.0956 e. The lowest BCUT2D eigenvalue weighted by atomic mass is 9.44. The molecule has 30 heavy (non-hydrogen) atoms. The summed E-state index contributed by atoms with van der Waals surface area (Å²) in [5, 5.41) is 8.88. The molecule has 4 heteroatoms. The lowest BCUT2D eigenvalue weighted by molar-refractivity contribution is -0.132. The Morgan fingerprint density at radius 1 is 1.17 bits per heavy atom. The number of nitrogens with zero attached hydrogens (tertiary/aromatic N) is 3. The van der Waals surface area contributed by atoms with Crippen LogP contribution in [0.2, 0.25) is 0 Å². The summed E-state index contributed by atoms with van der Waals surface area (Å²) >= 11 is 0. The van der Waals surface area contributed by atoms with Crippen molar-refractivity contribution in [2.24, 2.45) is 46.3 Å². The van der Waals surface area contributed by atoms with E-state index in [9.17, 15) is 4.39 Å². The summed E-state index contributed by atoms with van der Waals surface area (Å²) in [4.78, 5) is 1.81. The molecule has 4 aliphatic rings. The number of aromatic nitrogens is 3. The SMILES string of the molecule is C=C(Cn1ncc(C)n1)C1CCC2C3CCC4CC(C)CCC4(CF)C3CCC12C. The highest BCUT2D eigenvalue weighted by atomic mass is 19.1. The Balaban J connectivity index is 1.36. The fraction of sp³-hybridized carbons (Fsp3) is 0.846. The van der Waals surface area contributed by atoms with E-state index in [1.165, 1.54) is 56.9 Å². The number of hydrogen-bond acceptors (Lipinski definition) is 2. The summed E-state index contributed by atoms with van der Waals surface area (Å²) in [6.07, 6.45) is 13.1. The number of halogens is 1. The molecule has 1 aromatic rings. The Labute approximate surface area is 181 Å². The van der Waals surface area contributed by atoms with Crippen LogP contribution in [0.3, 0.4) is 0 Å². The minimum atomic E-state index is -0.0740. The van der Waals surface area contributed by atoms with E-state index < -0.39 is 0 Å². The number of alkyl halides is 1. The molecule has 166 valence electrons. The molecule has 8 unspecified atom stereocenters. The first-order valence-electron chi connectivity index (χ1n) is 12.5. The Kier molecular flexibility index (Phi) is 5.14. The monoisotopic (exact) mass is 413 g/mol. The summed E-state index contributed by atoms with van der Waals surface area (Å²) in [5.74, 6) is 4.08. The second-order valence-electron chi connectivity index (χ2n) is 11.7. The average molecular weight is 414 g/mol. The van der Waals surface area contributed by atoms with Gasteiger partial charge >= 0.3 is 0 Å². The maximum absolute atomic E-state index is 14.8. The second-order valence-corrected chi connectivity index (χ2v) is 11.7. The predicted molar refractivity (Wildman–Crippen MR) is 119 cm³/mol. The highest BCUT2D eigenvalue weighted by molar-refractivity contribution is 5.16. The van der Waals surface area contributed by atoms with Gasteiger partial charge in [-0.3, -0.25) is 4.39 Å². The third-order valence-electron chi connectivity index (χ3n) is 10.4. The zero-order valence-corrected chi connectivity index (χ0v) is 19.2. The van der Waals surface area contributed by atoms with E-state index in [4.69, 9.17) is 0 Å². The first-order valence-corrected chi connectivity index (χ1v) is 12.5. The van der Waals surface area contributed by atoms with Crippen molar-refractivity contribution in [2.75, 3.05) is 6.67 Å². The Morgan fingerprint density at radius 3 is 2.73 bits per heavy atom. The normalized spacial score (nSPS) is 45.5. The van der Waals surface area contributed by atoms with Crippen molar-refractivity contribution in [1.29, 1.82) is 0 Å². The van der Waals surface area contributed by atoms with Crippen molar-refractivity contribution >= 4 is 0 Å². The van der Waals surface area contributed by atoms with Crippen molar-refractivity contribution in [3.05, 3.63) is 24.0 Å². The van der Waals surface area contributed by atoms with E-state index >= 15 is 0 Å². The van der Waals surface area contributed by atoms with Crippen LogP contribution in [0, 0.1) is 53.3 Å². The third-order valence-corrected chi connectivity index (χ3v) is 10.4. The van der Waals surface area contributed by atoms with Crippen molar-refractivity contribution in [3.8, 4) is 0 Å². The van der Waals surface area contributed by atoms with Crippen molar-refractivity contribution in [2.45, 2.75) is 85.1 Å². The molecule has 1 aromatic heterocycles. The molecular weight excluding hydrogens is 373 g/mol. The van der Waals surface area contributed by atoms with Gasteiger partial charge in [0.15, 0.2) is 0 Å². The molecule has 1 heterocycles. The minimum Gasteiger partial charge on any atom is -0.250 e. The summed E-state index contributed by atoms with van der Waals surface area (Å²) in [5.41, 5.74) is 2.60. The van der Waals surface area contributed by atoms with Gasteiger partial charge < -0.3 is 0 Å². The summed E-state index contributed by atoms with van der Waals surface area (Å²) < 4.78 is 14.8. The van der Waals surface area contributed by atoms with Crippen molar-refractivity contribution in [3.63, 3.8) is 0 Å². The second kappa shape index (κ2) is 7.45. The molecule has 0 N–H and O–H groups in total. The number of rotatable bonds is 4. The lowest BCUT2D eigenvalue weighted by Crippen LogP contribution is -2.55. The standard InChI is InChI=1S/C26H40FN3/c1-17-9-12-26(16-27)20(13-17)5-6-21-23-8-7-22(25(23,4)11-10-24(21)26)18(2)15-30-28-14-19(3)29-30/h14,17,20-24H,2,5-13,15-16H2,1,3-4H3. The van der Waals surface area contributed by atoms with Gasteiger partial charge in [-0.05, 0) is 99.2 Å². The summed E-state index contributed by atoms with van der Waals surface area (Å²) in [6.45, 7) is 12.1. The van der Waals surface area contributed by atoms with Gasteiger partial charge in [0.05, 0.1) is 25.1 Å². The van der Waals surface area contributed by atoms with Crippen LogP contribution in [0.25, 0.3) is 0 Å². The van der Waals surface area contributed by atoms with Crippen molar-refractivity contribution < 1.29 is 4.39 Å². The van der Waals surface area contributed by atoms with Crippen molar-refractivity contribution in [1.82, 2.24) is 15.0 Å². The van der Waals surface area contributed by atoms with Gasteiger partial charge in [-0.2, -0.15) is 15.0 Å². The van der Waals surface area contributed by atoms with Gasteiger partial charge in [-0.15, -0.1) is 0 Å². The zero-order valence-electron chi connectivity index (χ0n) is 19.2. The fourth-order valence-corrected chi connectivity index (χ4v) is 8.95. The molecule has 0 spiro atoms. The quantitative estimate of drug-likeness (QED) is 0.536. The van der Waals surface area contributed by atoms with E-state index in [1.807, 2.05) is 17.9 Å². The van der Waals surface area contributed by atoms with Gasteiger partial charge in [0.2, 0.25) is 0 Å². The van der Waals surface area contributed by atoms with Gasteiger partial charge in [0.25, 0.3) is 0 Å². The molecule has 4 saturated carbocycles. The van der Waals surface area contributed by atoms with Crippen LogP contribution in [-0.4, -0.2) is 21.7 Å². The zero-order chi connectivity index (χ0) is 21.1. The lowest BCUT2D eigenvalue weighted by Gasteiger charge is -2.61. The topological polar surface area (TPSA) is 30.7 Å². The fourth-order valence-electron chi connectivity index (χ4n) is 8.95. The molecule has 8 atom stereocenters. The molecule has 4 fully saturated rings. The molecule has 0 radical (unpaired) electrons.